The van der Waals surface area contributed by atoms with Crippen molar-refractivity contribution in [2.75, 3.05) is 20.3 Å². The number of amides is 1. The number of piperidine rings is 1. The van der Waals surface area contributed by atoms with Crippen molar-refractivity contribution in [2.24, 2.45) is 0 Å². The van der Waals surface area contributed by atoms with Crippen molar-refractivity contribution in [1.29, 1.82) is 0 Å². The molecule has 1 aliphatic heterocycles. The van der Waals surface area contributed by atoms with E-state index in [4.69, 9.17) is 4.74 Å². The molecule has 2 heterocycles. The second-order valence-corrected chi connectivity index (χ2v) is 7.12. The van der Waals surface area contributed by atoms with E-state index in [1.165, 1.54) is 6.20 Å². The average Bonchev–Trinajstić information content (AvgIpc) is 2.68. The number of aromatic amines is 1. The van der Waals surface area contributed by atoms with E-state index in [1.54, 1.807) is 7.11 Å². The number of H-pyrrole nitrogens is 1. The summed E-state index contributed by atoms with van der Waals surface area (Å²) >= 11 is 0. The number of nitrogens with zero attached hydrogens (tertiary/aromatic N) is 2. The molecule has 0 radical (unpaired) electrons. The number of benzene rings is 1. The fraction of sp³-hybridized carbons (Fsp3) is 0.476. The predicted octanol–water partition coefficient (Wildman–Crippen LogP) is 3.17. The molecule has 0 bridgehead atoms. The molecule has 1 saturated heterocycles. The Kier molecular flexibility index (Phi) is 6.40. The third-order valence-corrected chi connectivity index (χ3v) is 5.13. The van der Waals surface area contributed by atoms with Gasteiger partial charge < -0.3 is 14.6 Å². The number of methoxy groups -OCH3 is 1. The van der Waals surface area contributed by atoms with Crippen LogP contribution in [0.4, 0.5) is 0 Å². The van der Waals surface area contributed by atoms with Crippen LogP contribution in [-0.2, 0) is 4.74 Å². The first-order valence-electron chi connectivity index (χ1n) is 9.56. The van der Waals surface area contributed by atoms with Gasteiger partial charge in [-0.15, -0.1) is 0 Å². The van der Waals surface area contributed by atoms with Crippen molar-refractivity contribution < 1.29 is 9.53 Å². The zero-order chi connectivity index (χ0) is 19.2. The average molecular weight is 369 g/mol. The van der Waals surface area contributed by atoms with Crippen LogP contribution in [0, 0.1) is 6.92 Å². The Hall–Kier alpha value is -2.47. The van der Waals surface area contributed by atoms with Gasteiger partial charge in [-0.1, -0.05) is 29.8 Å². The molecule has 6 heteroatoms. The van der Waals surface area contributed by atoms with E-state index < -0.39 is 0 Å². The lowest BCUT2D eigenvalue weighted by Gasteiger charge is -2.35. The highest BCUT2D eigenvalue weighted by atomic mass is 16.5. The molecular formula is C21H27N3O3. The lowest BCUT2D eigenvalue weighted by Crippen LogP contribution is -2.45. The maximum atomic E-state index is 13.0. The third kappa shape index (κ3) is 4.63. The van der Waals surface area contributed by atoms with Crippen molar-refractivity contribution >= 4 is 5.91 Å². The summed E-state index contributed by atoms with van der Waals surface area (Å²) in [5.41, 5.74) is 1.70. The molecule has 1 aliphatic rings. The van der Waals surface area contributed by atoms with Gasteiger partial charge in [-0.2, -0.15) is 0 Å². The predicted molar refractivity (Wildman–Crippen MR) is 105 cm³/mol. The fourth-order valence-corrected chi connectivity index (χ4v) is 3.59. The van der Waals surface area contributed by atoms with E-state index in [0.717, 1.165) is 43.2 Å². The topological polar surface area (TPSA) is 75.3 Å². The van der Waals surface area contributed by atoms with E-state index in [2.05, 4.69) is 9.97 Å². The highest BCUT2D eigenvalue weighted by Gasteiger charge is 2.28. The van der Waals surface area contributed by atoms with E-state index in [9.17, 15) is 9.59 Å². The number of hydrogen-bond acceptors (Lipinski definition) is 4. The highest BCUT2D eigenvalue weighted by molar-refractivity contribution is 5.94. The lowest BCUT2D eigenvalue weighted by molar-refractivity contribution is 0.0582. The largest absolute Gasteiger partial charge is 0.385 e. The summed E-state index contributed by atoms with van der Waals surface area (Å²) < 4.78 is 5.13. The summed E-state index contributed by atoms with van der Waals surface area (Å²) in [5, 5.41) is 0. The Morgan fingerprint density at radius 1 is 1.30 bits per heavy atom. The van der Waals surface area contributed by atoms with Gasteiger partial charge in [0.25, 0.3) is 11.5 Å². The monoisotopic (exact) mass is 369 g/mol. The molecule has 1 aromatic carbocycles. The Balaban J connectivity index is 1.79. The molecule has 1 N–H and O–H groups in total. The number of aryl methyl sites for hydroxylation is 1. The zero-order valence-corrected chi connectivity index (χ0v) is 16.0. The normalized spacial score (nSPS) is 17.1. The van der Waals surface area contributed by atoms with Gasteiger partial charge in [0.15, 0.2) is 0 Å². The number of likely N-dealkylation sites (tertiary alicyclic amines) is 1. The maximum absolute atomic E-state index is 13.0. The summed E-state index contributed by atoms with van der Waals surface area (Å²) in [6.45, 7) is 3.38. The number of rotatable bonds is 6. The Morgan fingerprint density at radius 3 is 2.78 bits per heavy atom. The van der Waals surface area contributed by atoms with Crippen molar-refractivity contribution in [3.8, 4) is 11.4 Å². The van der Waals surface area contributed by atoms with Crippen molar-refractivity contribution in [3.05, 3.63) is 51.9 Å². The van der Waals surface area contributed by atoms with E-state index in [-0.39, 0.29) is 23.1 Å². The van der Waals surface area contributed by atoms with Crippen LogP contribution in [0.25, 0.3) is 11.4 Å². The molecule has 3 rings (SSSR count). The number of hydrogen-bond donors (Lipinski definition) is 1. The van der Waals surface area contributed by atoms with Gasteiger partial charge in [0.2, 0.25) is 0 Å². The standard InChI is InChI=1S/C21H27N3O3/c1-15-8-10-16(11-9-15)19-22-14-18(20(25)23-19)21(26)24-12-4-3-6-17(24)7-5-13-27-2/h8-11,14,17H,3-7,12-13H2,1-2H3,(H,22,23,25). The van der Waals surface area contributed by atoms with Crippen LogP contribution in [0.15, 0.2) is 35.3 Å². The van der Waals surface area contributed by atoms with Crippen LogP contribution in [-0.4, -0.2) is 47.1 Å². The molecule has 0 saturated carbocycles. The zero-order valence-electron chi connectivity index (χ0n) is 16.0. The summed E-state index contributed by atoms with van der Waals surface area (Å²) in [5.74, 6) is 0.258. The SMILES string of the molecule is COCCCC1CCCCN1C(=O)c1cnc(-c2ccc(C)cc2)[nH]c1=O. The van der Waals surface area contributed by atoms with E-state index in [0.29, 0.717) is 19.0 Å². The second-order valence-electron chi connectivity index (χ2n) is 7.12. The summed E-state index contributed by atoms with van der Waals surface area (Å²) in [6, 6.07) is 7.91. The van der Waals surface area contributed by atoms with Gasteiger partial charge in [-0.3, -0.25) is 9.59 Å². The minimum absolute atomic E-state index is 0.115. The second kappa shape index (κ2) is 8.95. The molecular weight excluding hydrogens is 342 g/mol. The summed E-state index contributed by atoms with van der Waals surface area (Å²) in [7, 11) is 1.69. The quantitative estimate of drug-likeness (QED) is 0.794. The summed E-state index contributed by atoms with van der Waals surface area (Å²) in [4.78, 5) is 34.5. The van der Waals surface area contributed by atoms with Crippen molar-refractivity contribution in [1.82, 2.24) is 14.9 Å². The molecule has 2 aromatic rings. The van der Waals surface area contributed by atoms with Gasteiger partial charge in [-0.05, 0) is 39.0 Å². The smallest absolute Gasteiger partial charge is 0.264 e. The van der Waals surface area contributed by atoms with Gasteiger partial charge in [0, 0.05) is 38.1 Å². The molecule has 0 spiro atoms. The number of ether oxygens (including phenoxy) is 1. The fourth-order valence-electron chi connectivity index (χ4n) is 3.59. The van der Waals surface area contributed by atoms with Crippen molar-refractivity contribution in [3.63, 3.8) is 0 Å². The van der Waals surface area contributed by atoms with Crippen LogP contribution < -0.4 is 5.56 Å². The molecule has 1 aromatic heterocycles. The molecule has 1 fully saturated rings. The Labute approximate surface area is 159 Å². The van der Waals surface area contributed by atoms with Gasteiger partial charge in [0.05, 0.1) is 0 Å². The number of carbonyl (C=O) groups excluding carboxylic acids is 1. The highest BCUT2D eigenvalue weighted by Crippen LogP contribution is 2.22. The minimum atomic E-state index is -0.383. The van der Waals surface area contributed by atoms with Crippen LogP contribution in [0.3, 0.4) is 0 Å². The first kappa shape index (κ1) is 19.3. The van der Waals surface area contributed by atoms with Crippen LogP contribution in [0.1, 0.15) is 48.0 Å². The molecule has 6 nitrogen and oxygen atoms in total. The lowest BCUT2D eigenvalue weighted by atomic mass is 9.97. The first-order chi connectivity index (χ1) is 13.1. The van der Waals surface area contributed by atoms with Gasteiger partial charge in [0.1, 0.15) is 11.4 Å². The van der Waals surface area contributed by atoms with Crippen LogP contribution >= 0.6 is 0 Å². The van der Waals surface area contributed by atoms with Crippen LogP contribution in [0.5, 0.6) is 0 Å². The molecule has 144 valence electrons. The van der Waals surface area contributed by atoms with Gasteiger partial charge in [-0.25, -0.2) is 4.98 Å². The van der Waals surface area contributed by atoms with Crippen molar-refractivity contribution in [2.45, 2.75) is 45.1 Å². The maximum Gasteiger partial charge on any atom is 0.264 e. The van der Waals surface area contributed by atoms with Gasteiger partial charge >= 0.3 is 0 Å². The molecule has 1 atom stereocenters. The molecule has 0 aliphatic carbocycles. The number of aromatic nitrogens is 2. The molecule has 1 amide bonds. The van der Waals surface area contributed by atoms with E-state index >= 15 is 0 Å². The molecule has 1 unspecified atom stereocenters. The number of nitrogens with one attached hydrogen (secondary N) is 1. The third-order valence-electron chi connectivity index (χ3n) is 5.13. The first-order valence-corrected chi connectivity index (χ1v) is 9.56. The van der Waals surface area contributed by atoms with Crippen LogP contribution in [0.2, 0.25) is 0 Å². The molecule has 27 heavy (non-hydrogen) atoms. The minimum Gasteiger partial charge on any atom is -0.385 e. The Morgan fingerprint density at radius 2 is 2.07 bits per heavy atom. The van der Waals surface area contributed by atoms with E-state index in [1.807, 2.05) is 36.1 Å². The number of carbonyl (C=O) groups is 1. The summed E-state index contributed by atoms with van der Waals surface area (Å²) in [6.07, 6.45) is 6.28. The Bertz CT molecular complexity index is 829.